The van der Waals surface area contributed by atoms with Crippen molar-refractivity contribution in [2.45, 2.75) is 57.5 Å². The van der Waals surface area contributed by atoms with Crippen molar-refractivity contribution >= 4 is 33.2 Å². The fourth-order valence-electron chi connectivity index (χ4n) is 4.93. The number of rotatable bonds is 8. The van der Waals surface area contributed by atoms with E-state index in [1.165, 1.54) is 34.2 Å². The normalized spacial score (nSPS) is 19.3. The second-order valence-corrected chi connectivity index (χ2v) is 13.1. The minimum absolute atomic E-state index is 0.174. The van der Waals surface area contributed by atoms with E-state index in [2.05, 4.69) is 11.8 Å². The Bertz CT molecular complexity index is 1060. The molecule has 0 saturated carbocycles. The van der Waals surface area contributed by atoms with Gasteiger partial charge in [0.1, 0.15) is 0 Å². The Kier molecular flexibility index (Phi) is 8.16. The summed E-state index contributed by atoms with van der Waals surface area (Å²) in [5, 5.41) is 10.8. The molecule has 34 heavy (non-hydrogen) atoms. The van der Waals surface area contributed by atoms with Gasteiger partial charge < -0.3 is 10.0 Å². The molecule has 0 radical (unpaired) electrons. The van der Waals surface area contributed by atoms with E-state index in [-0.39, 0.29) is 10.8 Å². The molecule has 2 aliphatic heterocycles. The molecule has 0 bridgehead atoms. The lowest BCUT2D eigenvalue weighted by Gasteiger charge is -2.37. The highest BCUT2D eigenvalue weighted by molar-refractivity contribution is 7.99. The lowest BCUT2D eigenvalue weighted by Crippen LogP contribution is -2.37. The number of benzene rings is 2. The van der Waals surface area contributed by atoms with Gasteiger partial charge in [-0.3, -0.25) is 4.31 Å². The van der Waals surface area contributed by atoms with Crippen molar-refractivity contribution in [1.29, 1.82) is 0 Å². The molecule has 4 rings (SSSR count). The van der Waals surface area contributed by atoms with Gasteiger partial charge in [0.05, 0.1) is 16.7 Å². The first-order chi connectivity index (χ1) is 16.3. The summed E-state index contributed by atoms with van der Waals surface area (Å²) in [6.45, 7) is 8.34. The molecule has 1 atom stereocenters. The number of anilines is 2. The van der Waals surface area contributed by atoms with Crippen LogP contribution in [0.15, 0.2) is 47.4 Å². The largest absolute Gasteiger partial charge is 0.388 e. The lowest BCUT2D eigenvalue weighted by atomic mass is 9.96. The van der Waals surface area contributed by atoms with Crippen LogP contribution in [0.3, 0.4) is 0 Å². The fraction of sp³-hybridized carbons (Fsp3) is 0.556. The first-order valence-electron chi connectivity index (χ1n) is 12.6. The van der Waals surface area contributed by atoms with Crippen molar-refractivity contribution in [1.82, 2.24) is 0 Å². The molecule has 7 heteroatoms. The van der Waals surface area contributed by atoms with Crippen LogP contribution in [0.5, 0.6) is 0 Å². The molecule has 2 aromatic carbocycles. The molecule has 2 heterocycles. The second-order valence-electron chi connectivity index (χ2n) is 9.98. The van der Waals surface area contributed by atoms with Crippen LogP contribution in [-0.2, 0) is 16.4 Å². The molecule has 186 valence electrons. The van der Waals surface area contributed by atoms with Crippen molar-refractivity contribution in [2.75, 3.05) is 40.3 Å². The van der Waals surface area contributed by atoms with Crippen molar-refractivity contribution in [3.8, 4) is 0 Å². The predicted octanol–water partition coefficient (Wildman–Crippen LogP) is 5.49. The predicted molar refractivity (Wildman–Crippen MR) is 143 cm³/mol. The molecule has 5 nitrogen and oxygen atoms in total. The standard InChI is InChI=1S/C27H38N2O3S2/c1-4-21-5-7-23(8-6-21)29(18-20(2)3)34(31,32)24-9-10-26-25(17-24)27(30)11-14-28(26)19-22-12-15-33-16-13-22/h5-10,17,20,22,27,30H,4,11-16,18-19H2,1-3H3. The Morgan fingerprint density at radius 3 is 2.44 bits per heavy atom. The number of sulfonamides is 1. The third kappa shape index (κ3) is 5.58. The Hall–Kier alpha value is -1.70. The number of fused-ring (bicyclic) bond motifs is 1. The minimum atomic E-state index is -3.77. The highest BCUT2D eigenvalue weighted by atomic mass is 32.2. The maximum atomic E-state index is 13.8. The summed E-state index contributed by atoms with van der Waals surface area (Å²) < 4.78 is 29.2. The van der Waals surface area contributed by atoms with Crippen LogP contribution in [0.25, 0.3) is 0 Å². The third-order valence-corrected chi connectivity index (χ3v) is 9.78. The van der Waals surface area contributed by atoms with Crippen molar-refractivity contribution in [2.24, 2.45) is 11.8 Å². The van der Waals surface area contributed by atoms with Gasteiger partial charge in [0, 0.05) is 30.9 Å². The number of thioether (sulfide) groups is 1. The Labute approximate surface area is 209 Å². The molecule has 2 aliphatic rings. The Balaban J connectivity index is 1.65. The number of nitrogens with zero attached hydrogens (tertiary/aromatic N) is 2. The summed E-state index contributed by atoms with van der Waals surface area (Å²) in [5.74, 6) is 3.28. The van der Waals surface area contributed by atoms with E-state index in [9.17, 15) is 13.5 Å². The average Bonchev–Trinajstić information content (AvgIpc) is 2.84. The maximum Gasteiger partial charge on any atom is 0.264 e. The summed E-state index contributed by atoms with van der Waals surface area (Å²) in [7, 11) is -3.77. The van der Waals surface area contributed by atoms with Crippen molar-refractivity contribution < 1.29 is 13.5 Å². The molecule has 1 N–H and O–H groups in total. The van der Waals surface area contributed by atoms with E-state index in [4.69, 9.17) is 0 Å². The van der Waals surface area contributed by atoms with Crippen LogP contribution >= 0.6 is 11.8 Å². The van der Waals surface area contributed by atoms with Crippen molar-refractivity contribution in [3.63, 3.8) is 0 Å². The number of aliphatic hydroxyl groups is 1. The molecular weight excluding hydrogens is 464 g/mol. The number of hydrogen-bond acceptors (Lipinski definition) is 5. The lowest BCUT2D eigenvalue weighted by molar-refractivity contribution is 0.163. The smallest absolute Gasteiger partial charge is 0.264 e. The van der Waals surface area contributed by atoms with E-state index < -0.39 is 16.1 Å². The first kappa shape index (κ1) is 25.4. The van der Waals surface area contributed by atoms with Crippen LogP contribution in [-0.4, -0.2) is 44.7 Å². The molecule has 1 fully saturated rings. The van der Waals surface area contributed by atoms with Gasteiger partial charge in [-0.05, 0) is 84.9 Å². The van der Waals surface area contributed by atoms with Gasteiger partial charge in [-0.15, -0.1) is 0 Å². The number of aryl methyl sites for hydroxylation is 1. The highest BCUT2D eigenvalue weighted by Gasteiger charge is 2.31. The summed E-state index contributed by atoms with van der Waals surface area (Å²) in [5.41, 5.74) is 3.59. The van der Waals surface area contributed by atoms with Gasteiger partial charge in [0.25, 0.3) is 10.0 Å². The fourth-order valence-corrected chi connectivity index (χ4v) is 7.80. The van der Waals surface area contributed by atoms with Gasteiger partial charge in [0.2, 0.25) is 0 Å². The van der Waals surface area contributed by atoms with Crippen LogP contribution < -0.4 is 9.21 Å². The Morgan fingerprint density at radius 2 is 1.79 bits per heavy atom. The highest BCUT2D eigenvalue weighted by Crippen LogP contribution is 2.38. The van der Waals surface area contributed by atoms with E-state index in [0.717, 1.165) is 30.8 Å². The summed E-state index contributed by atoms with van der Waals surface area (Å²) in [6.07, 6.45) is 3.37. The Morgan fingerprint density at radius 1 is 1.09 bits per heavy atom. The second kappa shape index (κ2) is 10.9. The van der Waals surface area contributed by atoms with E-state index in [1.54, 1.807) is 12.1 Å². The molecule has 0 aromatic heterocycles. The van der Waals surface area contributed by atoms with Gasteiger partial charge in [-0.2, -0.15) is 11.8 Å². The maximum absolute atomic E-state index is 13.8. The van der Waals surface area contributed by atoms with Crippen LogP contribution in [0.1, 0.15) is 57.3 Å². The van der Waals surface area contributed by atoms with Crippen LogP contribution in [0.4, 0.5) is 11.4 Å². The summed E-state index contributed by atoms with van der Waals surface area (Å²) in [4.78, 5) is 2.61. The molecule has 0 aliphatic carbocycles. The van der Waals surface area contributed by atoms with Gasteiger partial charge in [-0.1, -0.05) is 32.9 Å². The molecule has 1 saturated heterocycles. The summed E-state index contributed by atoms with van der Waals surface area (Å²) in [6, 6.07) is 13.1. The van der Waals surface area contributed by atoms with Crippen LogP contribution in [0, 0.1) is 11.8 Å². The van der Waals surface area contributed by atoms with Gasteiger partial charge in [0.15, 0.2) is 0 Å². The van der Waals surface area contributed by atoms with Gasteiger partial charge in [-0.25, -0.2) is 8.42 Å². The summed E-state index contributed by atoms with van der Waals surface area (Å²) >= 11 is 2.03. The van der Waals surface area contributed by atoms with Crippen molar-refractivity contribution in [3.05, 3.63) is 53.6 Å². The van der Waals surface area contributed by atoms with E-state index in [1.807, 2.05) is 55.9 Å². The number of hydrogen-bond donors (Lipinski definition) is 1. The monoisotopic (exact) mass is 502 g/mol. The SMILES string of the molecule is CCc1ccc(N(CC(C)C)S(=O)(=O)c2ccc3c(c2)C(O)CCN3CC2CCSCC2)cc1. The van der Waals surface area contributed by atoms with Crippen LogP contribution in [0.2, 0.25) is 0 Å². The molecule has 2 aromatic rings. The molecule has 0 spiro atoms. The zero-order valence-electron chi connectivity index (χ0n) is 20.6. The first-order valence-corrected chi connectivity index (χ1v) is 15.2. The molecular formula is C27H38N2O3S2. The minimum Gasteiger partial charge on any atom is -0.388 e. The zero-order valence-corrected chi connectivity index (χ0v) is 22.2. The number of aliphatic hydroxyl groups excluding tert-OH is 1. The topological polar surface area (TPSA) is 60.9 Å². The van der Waals surface area contributed by atoms with E-state index >= 15 is 0 Å². The molecule has 1 unspecified atom stereocenters. The van der Waals surface area contributed by atoms with E-state index in [0.29, 0.717) is 24.6 Å². The molecule has 0 amide bonds. The van der Waals surface area contributed by atoms with Gasteiger partial charge >= 0.3 is 0 Å². The average molecular weight is 503 g/mol. The third-order valence-electron chi connectivity index (χ3n) is 6.94. The quantitative estimate of drug-likeness (QED) is 0.517. The zero-order chi connectivity index (χ0) is 24.3.